The van der Waals surface area contributed by atoms with Gasteiger partial charge in [-0.1, -0.05) is 6.92 Å². The van der Waals surface area contributed by atoms with Crippen LogP contribution in [0.2, 0.25) is 0 Å². The number of nitrogens with one attached hydrogen (secondary N) is 1. The zero-order valence-corrected chi connectivity index (χ0v) is 5.55. The first kappa shape index (κ1) is 6.95. The van der Waals surface area contributed by atoms with E-state index in [2.05, 4.69) is 0 Å². The number of hydrogen-bond acceptors (Lipinski definition) is 2. The first-order valence-corrected chi connectivity index (χ1v) is 4.41. The molecule has 1 unspecified atom stereocenters. The van der Waals surface area contributed by atoms with E-state index >= 15 is 0 Å². The van der Waals surface area contributed by atoms with Crippen molar-refractivity contribution in [2.45, 2.75) is 13.3 Å². The molecule has 0 fully saturated rings. The second-order valence-corrected chi connectivity index (χ2v) is 4.13. The first-order chi connectivity index (χ1) is 3.06. The van der Waals surface area contributed by atoms with Crippen molar-refractivity contribution in [3.8, 4) is 0 Å². The van der Waals surface area contributed by atoms with Gasteiger partial charge >= 0.3 is 0 Å². The number of hydrogen-bond donors (Lipinski definition) is 1. The van der Waals surface area contributed by atoms with Crippen LogP contribution < -0.4 is 0 Å². The Kier molecular flexibility index (Phi) is 2.29. The van der Waals surface area contributed by atoms with E-state index in [0.717, 1.165) is 6.42 Å². The van der Waals surface area contributed by atoms with Crippen LogP contribution in [0, 0.1) is 4.78 Å². The Morgan fingerprint density at radius 1 is 1.71 bits per heavy atom. The average Bonchev–Trinajstić information content (AvgIpc) is 1.30. The molecule has 7 heavy (non-hydrogen) atoms. The zero-order valence-electron chi connectivity index (χ0n) is 4.73. The molecule has 0 spiro atoms. The Labute approximate surface area is 44.9 Å². The molecule has 0 rings (SSSR count). The molecular formula is C4H11NOS. The van der Waals surface area contributed by atoms with Gasteiger partial charge in [-0.3, -0.25) is 8.99 Å². The predicted octanol–water partition coefficient (Wildman–Crippen LogP) is 1.07. The quantitative estimate of drug-likeness (QED) is 0.583. The van der Waals surface area contributed by atoms with Crippen molar-refractivity contribution in [2.75, 3.05) is 12.0 Å². The number of rotatable bonds is 2. The van der Waals surface area contributed by atoms with Gasteiger partial charge in [0.05, 0.1) is 0 Å². The summed E-state index contributed by atoms with van der Waals surface area (Å²) >= 11 is 0. The summed E-state index contributed by atoms with van der Waals surface area (Å²) in [6.07, 6.45) is 2.31. The van der Waals surface area contributed by atoms with E-state index < -0.39 is 9.73 Å². The molecule has 0 aliphatic carbocycles. The van der Waals surface area contributed by atoms with Crippen LogP contribution in [-0.4, -0.2) is 16.2 Å². The van der Waals surface area contributed by atoms with Crippen LogP contribution in [0.3, 0.4) is 0 Å². The summed E-state index contributed by atoms with van der Waals surface area (Å²) in [7, 11) is -2.17. The normalized spacial score (nSPS) is 18.6. The van der Waals surface area contributed by atoms with Crippen molar-refractivity contribution < 1.29 is 4.21 Å². The Hall–Kier alpha value is -0.0500. The standard InChI is InChI=1S/C4H11NOS/c1-3-4-7(2,5)6/h5H,3-4H2,1-2H3. The van der Waals surface area contributed by atoms with Crippen LogP contribution in [0.5, 0.6) is 0 Å². The van der Waals surface area contributed by atoms with Crippen LogP contribution in [0.1, 0.15) is 13.3 Å². The third-order valence-corrected chi connectivity index (χ3v) is 1.78. The van der Waals surface area contributed by atoms with Crippen LogP contribution in [0.15, 0.2) is 0 Å². The first-order valence-electron chi connectivity index (χ1n) is 2.27. The minimum atomic E-state index is -2.17. The van der Waals surface area contributed by atoms with E-state index in [-0.39, 0.29) is 0 Å². The van der Waals surface area contributed by atoms with E-state index in [1.54, 1.807) is 0 Å². The molecule has 1 atom stereocenters. The fraction of sp³-hybridized carbons (Fsp3) is 1.00. The van der Waals surface area contributed by atoms with E-state index in [1.165, 1.54) is 6.26 Å². The molecule has 2 nitrogen and oxygen atoms in total. The lowest BCUT2D eigenvalue weighted by Gasteiger charge is -1.91. The summed E-state index contributed by atoms with van der Waals surface area (Å²) in [5, 5.41) is 0. The van der Waals surface area contributed by atoms with Crippen molar-refractivity contribution in [1.82, 2.24) is 0 Å². The van der Waals surface area contributed by atoms with Gasteiger partial charge in [0.2, 0.25) is 0 Å². The van der Waals surface area contributed by atoms with Gasteiger partial charge in [0.25, 0.3) is 0 Å². The van der Waals surface area contributed by atoms with Crippen LogP contribution in [-0.2, 0) is 9.73 Å². The third-order valence-electron chi connectivity index (χ3n) is 0.594. The van der Waals surface area contributed by atoms with Crippen molar-refractivity contribution in [3.05, 3.63) is 0 Å². The summed E-state index contributed by atoms with van der Waals surface area (Å²) in [6, 6.07) is 0. The summed E-state index contributed by atoms with van der Waals surface area (Å²) in [5.74, 6) is 0.535. The highest BCUT2D eigenvalue weighted by Crippen LogP contribution is 1.86. The lowest BCUT2D eigenvalue weighted by atomic mass is 10.6. The lowest BCUT2D eigenvalue weighted by Crippen LogP contribution is -1.97. The second kappa shape index (κ2) is 2.31. The molecule has 0 aromatic carbocycles. The lowest BCUT2D eigenvalue weighted by molar-refractivity contribution is 0.677. The Bertz CT molecular complexity index is 125. The minimum absolute atomic E-state index is 0.535. The molecule has 44 valence electrons. The summed E-state index contributed by atoms with van der Waals surface area (Å²) < 4.78 is 17.3. The molecular weight excluding hydrogens is 110 g/mol. The van der Waals surface area contributed by atoms with Gasteiger partial charge in [-0.25, -0.2) is 0 Å². The Morgan fingerprint density at radius 2 is 2.14 bits per heavy atom. The van der Waals surface area contributed by atoms with Crippen LogP contribution in [0.25, 0.3) is 0 Å². The van der Waals surface area contributed by atoms with Gasteiger partial charge in [-0.2, -0.15) is 0 Å². The molecule has 0 amide bonds. The predicted molar refractivity (Wildman–Crippen MR) is 31.9 cm³/mol. The molecule has 0 saturated heterocycles. The highest BCUT2D eigenvalue weighted by Gasteiger charge is 1.90. The Balaban J connectivity index is 3.60. The van der Waals surface area contributed by atoms with Gasteiger partial charge in [-0.15, -0.1) is 0 Å². The van der Waals surface area contributed by atoms with Crippen molar-refractivity contribution >= 4 is 9.73 Å². The SMILES string of the molecule is CCCS(C)(=N)=O. The van der Waals surface area contributed by atoms with Gasteiger partial charge in [-0.05, 0) is 6.42 Å². The highest BCUT2D eigenvalue weighted by atomic mass is 32.2. The van der Waals surface area contributed by atoms with Crippen LogP contribution in [0.4, 0.5) is 0 Å². The zero-order chi connectivity index (χ0) is 5.91. The van der Waals surface area contributed by atoms with Crippen molar-refractivity contribution in [2.24, 2.45) is 0 Å². The second-order valence-electron chi connectivity index (χ2n) is 1.71. The maximum Gasteiger partial charge on any atom is 0.0412 e. The molecule has 0 aliphatic heterocycles. The van der Waals surface area contributed by atoms with Crippen LogP contribution >= 0.6 is 0 Å². The van der Waals surface area contributed by atoms with E-state index in [0.29, 0.717) is 5.75 Å². The molecule has 0 aromatic rings. The van der Waals surface area contributed by atoms with Crippen molar-refractivity contribution in [3.63, 3.8) is 0 Å². The molecule has 0 aromatic heterocycles. The molecule has 0 saturated carbocycles. The van der Waals surface area contributed by atoms with E-state index in [9.17, 15) is 4.21 Å². The Morgan fingerprint density at radius 3 is 2.14 bits per heavy atom. The molecule has 0 radical (unpaired) electrons. The van der Waals surface area contributed by atoms with Gasteiger partial charge in [0, 0.05) is 21.7 Å². The average molecular weight is 121 g/mol. The van der Waals surface area contributed by atoms with Gasteiger partial charge < -0.3 is 0 Å². The summed E-state index contributed by atoms with van der Waals surface area (Å²) in [5.41, 5.74) is 0. The fourth-order valence-corrected chi connectivity index (χ4v) is 1.17. The molecule has 3 heteroatoms. The topological polar surface area (TPSA) is 40.9 Å². The minimum Gasteiger partial charge on any atom is -0.253 e. The largest absolute Gasteiger partial charge is 0.253 e. The maximum absolute atomic E-state index is 10.5. The summed E-state index contributed by atoms with van der Waals surface area (Å²) in [6.45, 7) is 1.93. The van der Waals surface area contributed by atoms with Gasteiger partial charge in [0.15, 0.2) is 0 Å². The fourth-order valence-electron chi connectivity index (χ4n) is 0.390. The summed E-state index contributed by atoms with van der Waals surface area (Å²) in [4.78, 5) is 0. The highest BCUT2D eigenvalue weighted by molar-refractivity contribution is 7.91. The smallest absolute Gasteiger partial charge is 0.0412 e. The van der Waals surface area contributed by atoms with E-state index in [4.69, 9.17) is 4.78 Å². The van der Waals surface area contributed by atoms with Gasteiger partial charge in [0.1, 0.15) is 0 Å². The molecule has 0 bridgehead atoms. The third kappa shape index (κ3) is 5.95. The van der Waals surface area contributed by atoms with E-state index in [1.807, 2.05) is 6.92 Å². The van der Waals surface area contributed by atoms with Crippen molar-refractivity contribution in [1.29, 1.82) is 4.78 Å². The monoisotopic (exact) mass is 121 g/mol. The molecule has 0 heterocycles. The maximum atomic E-state index is 10.5. The molecule has 1 N–H and O–H groups in total. The molecule has 0 aliphatic rings.